The van der Waals surface area contributed by atoms with Gasteiger partial charge in [-0.25, -0.2) is 0 Å². The van der Waals surface area contributed by atoms with Crippen molar-refractivity contribution in [3.63, 3.8) is 0 Å². The molecule has 0 atom stereocenters. The molecular weight excluding hydrogens is 180 g/mol. The fourth-order valence-electron chi connectivity index (χ4n) is 1.02. The average Bonchev–Trinajstić information content (AvgIpc) is 2.26. The third-order valence-electron chi connectivity index (χ3n) is 1.98. The number of aryl methyl sites for hydroxylation is 3. The lowest BCUT2D eigenvalue weighted by Crippen LogP contribution is -1.84. The molecule has 0 nitrogen and oxygen atoms in total. The Balaban J connectivity index is 0. The molecule has 0 aliphatic carbocycles. The van der Waals surface area contributed by atoms with Crippen LogP contribution in [-0.4, -0.2) is 0 Å². The Morgan fingerprint density at radius 2 is 1.60 bits per heavy atom. The second-order valence-electron chi connectivity index (χ2n) is 3.06. The van der Waals surface area contributed by atoms with Gasteiger partial charge in [-0.05, 0) is 43.9 Å². The van der Waals surface area contributed by atoms with Crippen molar-refractivity contribution in [1.29, 1.82) is 0 Å². The van der Waals surface area contributed by atoms with Crippen LogP contribution in [0.1, 0.15) is 44.4 Å². The molecule has 1 aromatic carbocycles. The Bertz CT molecular complexity index is 289. The molecule has 0 saturated heterocycles. The van der Waals surface area contributed by atoms with Crippen LogP contribution in [0.3, 0.4) is 0 Å². The SMILES string of the molecule is C#CC.CC.CCc1ccc(C)c(C)c1. The minimum absolute atomic E-state index is 1.14. The van der Waals surface area contributed by atoms with E-state index in [4.69, 9.17) is 0 Å². The maximum atomic E-state index is 4.60. The number of terminal acetylenes is 1. The van der Waals surface area contributed by atoms with Gasteiger partial charge in [0.1, 0.15) is 0 Å². The Kier molecular flexibility index (Phi) is 11.7. The van der Waals surface area contributed by atoms with E-state index in [1.165, 1.54) is 16.7 Å². The molecule has 0 heteroatoms. The predicted octanol–water partition coefficient (Wildman–Crippen LogP) is 4.53. The summed E-state index contributed by atoms with van der Waals surface area (Å²) in [5.74, 6) is 2.25. The molecule has 1 rings (SSSR count). The van der Waals surface area contributed by atoms with Crippen LogP contribution in [0.5, 0.6) is 0 Å². The van der Waals surface area contributed by atoms with Gasteiger partial charge >= 0.3 is 0 Å². The molecule has 0 unspecified atom stereocenters. The second kappa shape index (κ2) is 10.9. The van der Waals surface area contributed by atoms with Crippen molar-refractivity contribution in [2.24, 2.45) is 0 Å². The Labute approximate surface area is 95.7 Å². The highest BCUT2D eigenvalue weighted by Gasteiger charge is 1.92. The molecule has 0 aromatic heterocycles. The van der Waals surface area contributed by atoms with Crippen LogP contribution in [0.25, 0.3) is 0 Å². The molecule has 0 radical (unpaired) electrons. The van der Waals surface area contributed by atoms with Crippen LogP contribution in [0.4, 0.5) is 0 Å². The Morgan fingerprint density at radius 1 is 1.13 bits per heavy atom. The second-order valence-corrected chi connectivity index (χ2v) is 3.06. The highest BCUT2D eigenvalue weighted by molar-refractivity contribution is 5.29. The minimum atomic E-state index is 1.14. The summed E-state index contributed by atoms with van der Waals surface area (Å²) in [7, 11) is 0. The summed E-state index contributed by atoms with van der Waals surface area (Å²) in [6.07, 6.45) is 5.74. The molecule has 0 aliphatic heterocycles. The van der Waals surface area contributed by atoms with E-state index in [1.807, 2.05) is 13.8 Å². The van der Waals surface area contributed by atoms with Gasteiger partial charge in [0.2, 0.25) is 0 Å². The maximum Gasteiger partial charge on any atom is -0.00297 e. The van der Waals surface area contributed by atoms with Gasteiger partial charge in [-0.1, -0.05) is 39.0 Å². The van der Waals surface area contributed by atoms with Crippen molar-refractivity contribution < 1.29 is 0 Å². The zero-order valence-electron chi connectivity index (χ0n) is 11.0. The standard InChI is InChI=1S/C10H14.C3H4.C2H6/c1-4-10-6-5-8(2)9(3)7-10;1-3-2;1-2/h5-7H,4H2,1-3H3;1H,2H3;1-2H3. The number of hydrogen-bond donors (Lipinski definition) is 0. The van der Waals surface area contributed by atoms with E-state index in [0.717, 1.165) is 6.42 Å². The highest BCUT2D eigenvalue weighted by atomic mass is 14.0. The summed E-state index contributed by atoms with van der Waals surface area (Å²) in [5, 5.41) is 0. The zero-order valence-corrected chi connectivity index (χ0v) is 11.0. The first-order valence-corrected chi connectivity index (χ1v) is 5.59. The van der Waals surface area contributed by atoms with E-state index in [9.17, 15) is 0 Å². The van der Waals surface area contributed by atoms with Gasteiger partial charge in [-0.15, -0.1) is 12.3 Å². The molecule has 0 amide bonds. The van der Waals surface area contributed by atoms with E-state index in [2.05, 4.69) is 51.3 Å². The van der Waals surface area contributed by atoms with Crippen LogP contribution in [0.2, 0.25) is 0 Å². The number of rotatable bonds is 1. The van der Waals surface area contributed by atoms with E-state index in [1.54, 1.807) is 6.92 Å². The normalized spacial score (nSPS) is 7.53. The van der Waals surface area contributed by atoms with Crippen LogP contribution >= 0.6 is 0 Å². The van der Waals surface area contributed by atoms with Gasteiger partial charge in [0, 0.05) is 0 Å². The van der Waals surface area contributed by atoms with Crippen molar-refractivity contribution in [3.8, 4) is 12.3 Å². The van der Waals surface area contributed by atoms with E-state index in [-0.39, 0.29) is 0 Å². The molecule has 0 heterocycles. The molecule has 1 aromatic rings. The predicted molar refractivity (Wildman–Crippen MR) is 71.1 cm³/mol. The Hall–Kier alpha value is -1.22. The van der Waals surface area contributed by atoms with Crippen molar-refractivity contribution in [2.75, 3.05) is 0 Å². The van der Waals surface area contributed by atoms with Crippen LogP contribution in [-0.2, 0) is 6.42 Å². The van der Waals surface area contributed by atoms with Gasteiger partial charge in [0.15, 0.2) is 0 Å². The lowest BCUT2D eigenvalue weighted by atomic mass is 10.1. The van der Waals surface area contributed by atoms with Crippen LogP contribution < -0.4 is 0 Å². The van der Waals surface area contributed by atoms with Crippen molar-refractivity contribution in [1.82, 2.24) is 0 Å². The lowest BCUT2D eigenvalue weighted by molar-refractivity contribution is 1.12. The largest absolute Gasteiger partial charge is 0.120 e. The number of benzene rings is 1. The first kappa shape index (κ1) is 16.2. The summed E-state index contributed by atoms with van der Waals surface area (Å²) in [5.41, 5.74) is 4.22. The third kappa shape index (κ3) is 7.82. The molecule has 0 spiro atoms. The highest BCUT2D eigenvalue weighted by Crippen LogP contribution is 2.09. The number of hydrogen-bond acceptors (Lipinski definition) is 0. The molecular formula is C15H24. The Morgan fingerprint density at radius 3 is 1.93 bits per heavy atom. The molecule has 0 saturated carbocycles. The molecule has 0 aliphatic rings. The monoisotopic (exact) mass is 204 g/mol. The third-order valence-corrected chi connectivity index (χ3v) is 1.98. The minimum Gasteiger partial charge on any atom is -0.120 e. The van der Waals surface area contributed by atoms with Gasteiger partial charge in [-0.2, -0.15) is 0 Å². The fraction of sp³-hybridized carbons (Fsp3) is 0.467. The van der Waals surface area contributed by atoms with E-state index in [0.29, 0.717) is 0 Å². The van der Waals surface area contributed by atoms with Crippen molar-refractivity contribution >= 4 is 0 Å². The quantitative estimate of drug-likeness (QED) is 0.589. The summed E-state index contributed by atoms with van der Waals surface area (Å²) in [4.78, 5) is 0. The van der Waals surface area contributed by atoms with E-state index < -0.39 is 0 Å². The summed E-state index contributed by atoms with van der Waals surface area (Å²) in [6, 6.07) is 6.64. The molecule has 84 valence electrons. The summed E-state index contributed by atoms with van der Waals surface area (Å²) >= 11 is 0. The molecule has 0 fully saturated rings. The van der Waals surface area contributed by atoms with Crippen LogP contribution in [0, 0.1) is 26.2 Å². The van der Waals surface area contributed by atoms with Crippen LogP contribution in [0.15, 0.2) is 18.2 Å². The van der Waals surface area contributed by atoms with Crippen molar-refractivity contribution in [2.45, 2.75) is 48.0 Å². The average molecular weight is 204 g/mol. The fourth-order valence-corrected chi connectivity index (χ4v) is 1.02. The van der Waals surface area contributed by atoms with Gasteiger partial charge in [0.05, 0.1) is 0 Å². The maximum absolute atomic E-state index is 4.60. The smallest absolute Gasteiger partial charge is 0.00297 e. The van der Waals surface area contributed by atoms with Gasteiger partial charge in [0.25, 0.3) is 0 Å². The first-order chi connectivity index (χ1) is 7.15. The van der Waals surface area contributed by atoms with Gasteiger partial charge < -0.3 is 0 Å². The summed E-state index contributed by atoms with van der Waals surface area (Å²) < 4.78 is 0. The zero-order chi connectivity index (χ0) is 12.3. The molecule has 0 N–H and O–H groups in total. The summed E-state index contributed by atoms with van der Waals surface area (Å²) in [6.45, 7) is 12.1. The molecule has 0 bridgehead atoms. The van der Waals surface area contributed by atoms with Gasteiger partial charge in [-0.3, -0.25) is 0 Å². The van der Waals surface area contributed by atoms with E-state index >= 15 is 0 Å². The molecule has 15 heavy (non-hydrogen) atoms. The topological polar surface area (TPSA) is 0 Å². The first-order valence-electron chi connectivity index (χ1n) is 5.59. The van der Waals surface area contributed by atoms with Crippen molar-refractivity contribution in [3.05, 3.63) is 34.9 Å². The lowest BCUT2D eigenvalue weighted by Gasteiger charge is -2.01.